The van der Waals surface area contributed by atoms with Crippen molar-refractivity contribution in [3.63, 3.8) is 0 Å². The fourth-order valence-electron chi connectivity index (χ4n) is 2.80. The maximum atomic E-state index is 13.1. The summed E-state index contributed by atoms with van der Waals surface area (Å²) in [6.07, 6.45) is -5.01. The van der Waals surface area contributed by atoms with Crippen LogP contribution in [0.4, 0.5) is 18.9 Å². The lowest BCUT2D eigenvalue weighted by molar-refractivity contribution is -0.137. The minimum absolute atomic E-state index is 0.0982. The number of rotatable bonds is 5. The lowest BCUT2D eigenvalue weighted by atomic mass is 10.1. The standard InChI is InChI=1S/C20H17F3N4O4S/c1-10(12-7-6-11(28)8-15(12)29)26-27-19-25-18(31)16(32-19)9-17(30)24-14-5-3-2-4-13(14)20(21,22)23/h2-8,16,28-29H,9H2,1H3,(H,24,30)(H,25,27,31)/b26-10-/t16-/m1/s1. The van der Waals surface area contributed by atoms with Crippen molar-refractivity contribution in [3.8, 4) is 11.5 Å². The summed E-state index contributed by atoms with van der Waals surface area (Å²) in [5.41, 5.74) is -0.756. The highest BCUT2D eigenvalue weighted by atomic mass is 32.2. The van der Waals surface area contributed by atoms with Gasteiger partial charge < -0.3 is 20.8 Å². The summed E-state index contributed by atoms with van der Waals surface area (Å²) >= 11 is 0.908. The zero-order valence-electron chi connectivity index (χ0n) is 16.5. The predicted octanol–water partition coefficient (Wildman–Crippen LogP) is 3.46. The molecule has 1 heterocycles. The number of carbonyl (C=O) groups is 2. The first-order valence-electron chi connectivity index (χ1n) is 9.13. The molecule has 168 valence electrons. The third-order valence-electron chi connectivity index (χ3n) is 4.32. The largest absolute Gasteiger partial charge is 0.508 e. The summed E-state index contributed by atoms with van der Waals surface area (Å²) in [6.45, 7) is 1.56. The van der Waals surface area contributed by atoms with Crippen LogP contribution in [0.5, 0.6) is 11.5 Å². The molecular formula is C20H17F3N4O4S. The van der Waals surface area contributed by atoms with E-state index in [9.17, 15) is 33.0 Å². The van der Waals surface area contributed by atoms with E-state index in [-0.39, 0.29) is 23.1 Å². The fourth-order valence-corrected chi connectivity index (χ4v) is 3.71. The number of aromatic hydroxyl groups is 2. The van der Waals surface area contributed by atoms with E-state index in [0.29, 0.717) is 11.3 Å². The molecule has 32 heavy (non-hydrogen) atoms. The fraction of sp³-hybridized carbons (Fsp3) is 0.200. The third kappa shape index (κ3) is 5.58. The van der Waals surface area contributed by atoms with Crippen LogP contribution in [0.25, 0.3) is 0 Å². The number of nitrogens with zero attached hydrogens (tertiary/aromatic N) is 2. The van der Waals surface area contributed by atoms with E-state index in [1.807, 2.05) is 0 Å². The van der Waals surface area contributed by atoms with Crippen LogP contribution in [0.15, 0.2) is 52.7 Å². The van der Waals surface area contributed by atoms with Crippen molar-refractivity contribution in [3.05, 3.63) is 53.6 Å². The second-order valence-electron chi connectivity index (χ2n) is 6.68. The zero-order chi connectivity index (χ0) is 23.5. The van der Waals surface area contributed by atoms with E-state index in [4.69, 9.17) is 0 Å². The number of carbonyl (C=O) groups excluding carboxylic acids is 2. The maximum absolute atomic E-state index is 13.1. The Kier molecular flexibility index (Phi) is 6.72. The molecule has 2 aromatic rings. The first kappa shape index (κ1) is 23.1. The Morgan fingerprint density at radius 2 is 1.94 bits per heavy atom. The van der Waals surface area contributed by atoms with Crippen molar-refractivity contribution >= 4 is 40.1 Å². The van der Waals surface area contributed by atoms with Gasteiger partial charge in [0.05, 0.1) is 17.0 Å². The van der Waals surface area contributed by atoms with Gasteiger partial charge in [-0.3, -0.25) is 9.59 Å². The van der Waals surface area contributed by atoms with Crippen molar-refractivity contribution in [1.82, 2.24) is 5.32 Å². The van der Waals surface area contributed by atoms with Gasteiger partial charge in [-0.05, 0) is 31.2 Å². The summed E-state index contributed by atoms with van der Waals surface area (Å²) in [7, 11) is 0. The predicted molar refractivity (Wildman–Crippen MR) is 114 cm³/mol. The summed E-state index contributed by atoms with van der Waals surface area (Å²) < 4.78 is 39.2. The van der Waals surface area contributed by atoms with Gasteiger partial charge in [0.25, 0.3) is 0 Å². The van der Waals surface area contributed by atoms with Crippen molar-refractivity contribution < 1.29 is 33.0 Å². The molecule has 0 unspecified atom stereocenters. The van der Waals surface area contributed by atoms with Gasteiger partial charge in [-0.2, -0.15) is 18.3 Å². The van der Waals surface area contributed by atoms with Gasteiger partial charge in [-0.15, -0.1) is 5.10 Å². The zero-order valence-corrected chi connectivity index (χ0v) is 17.3. The van der Waals surface area contributed by atoms with Crippen LogP contribution >= 0.6 is 11.8 Å². The van der Waals surface area contributed by atoms with E-state index >= 15 is 0 Å². The van der Waals surface area contributed by atoms with Crippen LogP contribution in [-0.4, -0.2) is 38.2 Å². The van der Waals surface area contributed by atoms with Crippen LogP contribution in [0.1, 0.15) is 24.5 Å². The third-order valence-corrected chi connectivity index (χ3v) is 5.39. The molecule has 12 heteroatoms. The van der Waals surface area contributed by atoms with Crippen molar-refractivity contribution in [2.75, 3.05) is 5.32 Å². The molecule has 0 bridgehead atoms. The smallest absolute Gasteiger partial charge is 0.418 e. The molecular weight excluding hydrogens is 449 g/mol. The number of amidine groups is 1. The van der Waals surface area contributed by atoms with Crippen molar-refractivity contribution in [2.24, 2.45) is 10.2 Å². The highest BCUT2D eigenvalue weighted by Gasteiger charge is 2.35. The number of nitrogens with one attached hydrogen (secondary N) is 2. The van der Waals surface area contributed by atoms with E-state index < -0.39 is 34.5 Å². The van der Waals surface area contributed by atoms with E-state index in [2.05, 4.69) is 20.8 Å². The number of phenolic OH excluding ortho intramolecular Hbond substituents is 2. The number of anilines is 1. The second-order valence-corrected chi connectivity index (χ2v) is 7.87. The Bertz CT molecular complexity index is 1120. The molecule has 2 amide bonds. The number of thioether (sulfide) groups is 1. The number of benzene rings is 2. The van der Waals surface area contributed by atoms with Crippen LogP contribution in [-0.2, 0) is 15.8 Å². The molecule has 1 saturated heterocycles. The Morgan fingerprint density at radius 3 is 2.62 bits per heavy atom. The number of alkyl halides is 3. The highest BCUT2D eigenvalue weighted by Crippen LogP contribution is 2.35. The Hall–Kier alpha value is -3.54. The molecule has 0 spiro atoms. The van der Waals surface area contributed by atoms with Gasteiger partial charge in [0, 0.05) is 18.1 Å². The van der Waals surface area contributed by atoms with E-state index in [0.717, 1.165) is 30.0 Å². The van der Waals surface area contributed by atoms with Crippen LogP contribution in [0.2, 0.25) is 0 Å². The summed E-state index contributed by atoms with van der Waals surface area (Å²) in [5.74, 6) is -1.62. The monoisotopic (exact) mass is 466 g/mol. The first-order chi connectivity index (χ1) is 15.0. The van der Waals surface area contributed by atoms with Gasteiger partial charge in [0.15, 0.2) is 5.17 Å². The van der Waals surface area contributed by atoms with Crippen LogP contribution in [0, 0.1) is 0 Å². The molecule has 2 aromatic carbocycles. The number of para-hydroxylation sites is 1. The van der Waals surface area contributed by atoms with Gasteiger partial charge in [0.1, 0.15) is 16.7 Å². The van der Waals surface area contributed by atoms with Crippen molar-refractivity contribution in [2.45, 2.75) is 24.8 Å². The van der Waals surface area contributed by atoms with E-state index in [1.165, 1.54) is 24.3 Å². The maximum Gasteiger partial charge on any atom is 0.418 e. The molecule has 1 atom stereocenters. The molecule has 0 saturated carbocycles. The SMILES string of the molecule is C/C(=N/N=C1\NC(=O)[C@@H](CC(=O)Nc2ccccc2C(F)(F)F)S1)c1ccc(O)cc1O. The molecule has 3 rings (SSSR count). The lowest BCUT2D eigenvalue weighted by Gasteiger charge is -2.14. The summed E-state index contributed by atoms with van der Waals surface area (Å²) in [5, 5.41) is 30.8. The quantitative estimate of drug-likeness (QED) is 0.397. The average Bonchev–Trinajstić information content (AvgIpc) is 3.05. The lowest BCUT2D eigenvalue weighted by Crippen LogP contribution is -2.28. The topological polar surface area (TPSA) is 123 Å². The average molecular weight is 466 g/mol. The van der Waals surface area contributed by atoms with Gasteiger partial charge >= 0.3 is 6.18 Å². The molecule has 1 fully saturated rings. The van der Waals surface area contributed by atoms with Gasteiger partial charge in [-0.25, -0.2) is 0 Å². The summed E-state index contributed by atoms with van der Waals surface area (Å²) in [6, 6.07) is 8.49. The normalized spacial score (nSPS) is 18.0. The minimum atomic E-state index is -4.63. The van der Waals surface area contributed by atoms with Crippen LogP contribution < -0.4 is 10.6 Å². The van der Waals surface area contributed by atoms with Crippen LogP contribution in [0.3, 0.4) is 0 Å². The molecule has 0 aliphatic carbocycles. The number of amides is 2. The minimum Gasteiger partial charge on any atom is -0.508 e. The number of phenols is 2. The molecule has 1 aliphatic rings. The van der Waals surface area contributed by atoms with E-state index in [1.54, 1.807) is 6.92 Å². The van der Waals surface area contributed by atoms with Gasteiger partial charge in [-0.1, -0.05) is 23.9 Å². The first-order valence-corrected chi connectivity index (χ1v) is 10.0. The highest BCUT2D eigenvalue weighted by molar-refractivity contribution is 8.15. The molecule has 0 aromatic heterocycles. The molecule has 1 aliphatic heterocycles. The Balaban J connectivity index is 1.65. The summed E-state index contributed by atoms with van der Waals surface area (Å²) in [4.78, 5) is 24.3. The molecule has 4 N–H and O–H groups in total. The number of hydrogen-bond acceptors (Lipinski definition) is 7. The van der Waals surface area contributed by atoms with Crippen molar-refractivity contribution in [1.29, 1.82) is 0 Å². The van der Waals surface area contributed by atoms with Gasteiger partial charge in [0.2, 0.25) is 11.8 Å². The Labute approximate surface area is 184 Å². The molecule has 8 nitrogen and oxygen atoms in total. The number of halogens is 3. The molecule has 0 radical (unpaired) electrons. The second kappa shape index (κ2) is 9.30. The number of hydrogen-bond donors (Lipinski definition) is 4. The Morgan fingerprint density at radius 1 is 1.22 bits per heavy atom.